The van der Waals surface area contributed by atoms with Crippen LogP contribution in [0.25, 0.3) is 0 Å². The highest BCUT2D eigenvalue weighted by Gasteiger charge is 2.44. The lowest BCUT2D eigenvalue weighted by Gasteiger charge is -2.18. The van der Waals surface area contributed by atoms with Gasteiger partial charge in [0, 0.05) is 18.2 Å². The van der Waals surface area contributed by atoms with Crippen LogP contribution in [-0.2, 0) is 4.79 Å². The quantitative estimate of drug-likeness (QED) is 0.792. The summed E-state index contributed by atoms with van der Waals surface area (Å²) < 4.78 is 16.6. The summed E-state index contributed by atoms with van der Waals surface area (Å²) in [7, 11) is 0. The molecule has 4 rings (SSSR count). The van der Waals surface area contributed by atoms with E-state index < -0.39 is 0 Å². The third-order valence-corrected chi connectivity index (χ3v) is 4.63. The smallest absolute Gasteiger partial charge is 0.228 e. The molecule has 2 aromatic carbocycles. The molecule has 1 aliphatic carbocycles. The van der Waals surface area contributed by atoms with Gasteiger partial charge in [0.1, 0.15) is 25.6 Å². The van der Waals surface area contributed by atoms with Crippen LogP contribution in [0, 0.1) is 5.92 Å². The van der Waals surface area contributed by atoms with Crippen LogP contribution in [0.4, 0.5) is 5.69 Å². The lowest BCUT2D eigenvalue weighted by Crippen LogP contribution is -2.16. The monoisotopic (exact) mass is 390 g/mol. The van der Waals surface area contributed by atoms with E-state index in [1.165, 1.54) is 0 Å². The van der Waals surface area contributed by atoms with Crippen LogP contribution in [0.2, 0.25) is 0 Å². The molecule has 1 saturated carbocycles. The van der Waals surface area contributed by atoms with E-state index in [1.807, 2.05) is 42.5 Å². The molecule has 1 aliphatic heterocycles. The molecule has 7 heteroatoms. The first kappa shape index (κ1) is 19.3. The van der Waals surface area contributed by atoms with E-state index in [4.69, 9.17) is 19.9 Å². The summed E-state index contributed by atoms with van der Waals surface area (Å²) in [5.74, 6) is 2.56. The van der Waals surface area contributed by atoms with E-state index in [0.29, 0.717) is 26.4 Å². The summed E-state index contributed by atoms with van der Waals surface area (Å²) in [5.41, 5.74) is 7.31. The Morgan fingerprint density at radius 1 is 1.11 bits per heavy atom. The molecule has 27 heavy (non-hydrogen) atoms. The van der Waals surface area contributed by atoms with E-state index in [9.17, 15) is 4.79 Å². The van der Waals surface area contributed by atoms with Crippen molar-refractivity contribution < 1.29 is 19.0 Å². The maximum Gasteiger partial charge on any atom is 0.228 e. The minimum absolute atomic E-state index is 0. The topological polar surface area (TPSA) is 82.8 Å². The van der Waals surface area contributed by atoms with Gasteiger partial charge in [-0.25, -0.2) is 0 Å². The average Bonchev–Trinajstić information content (AvgIpc) is 3.48. The molecular formula is C20H23ClN2O4. The molecule has 2 aromatic rings. The second-order valence-corrected chi connectivity index (χ2v) is 6.50. The Morgan fingerprint density at radius 3 is 2.59 bits per heavy atom. The largest absolute Gasteiger partial charge is 0.492 e. The highest BCUT2D eigenvalue weighted by molar-refractivity contribution is 5.95. The molecule has 6 nitrogen and oxygen atoms in total. The number of rotatable bonds is 6. The molecular weight excluding hydrogens is 368 g/mol. The first-order valence-corrected chi connectivity index (χ1v) is 8.88. The molecule has 0 radical (unpaired) electrons. The van der Waals surface area contributed by atoms with Gasteiger partial charge < -0.3 is 25.3 Å². The number of fused-ring (bicyclic) bond motifs is 1. The summed E-state index contributed by atoms with van der Waals surface area (Å²) in [6.45, 7) is 2.10. The number of ether oxygens (including phenoxy) is 3. The van der Waals surface area contributed by atoms with Gasteiger partial charge >= 0.3 is 0 Å². The van der Waals surface area contributed by atoms with Crippen molar-refractivity contribution in [3.05, 3.63) is 48.0 Å². The minimum atomic E-state index is -0.00859. The van der Waals surface area contributed by atoms with Crippen LogP contribution in [0.3, 0.4) is 0 Å². The van der Waals surface area contributed by atoms with Crippen molar-refractivity contribution in [2.24, 2.45) is 11.7 Å². The highest BCUT2D eigenvalue weighted by Crippen LogP contribution is 2.49. The Kier molecular flexibility index (Phi) is 6.08. The van der Waals surface area contributed by atoms with Crippen molar-refractivity contribution in [1.82, 2.24) is 0 Å². The Balaban J connectivity index is 0.00000210. The number of nitrogens with two attached hydrogens (primary N) is 1. The van der Waals surface area contributed by atoms with Gasteiger partial charge in [-0.1, -0.05) is 6.07 Å². The van der Waals surface area contributed by atoms with Gasteiger partial charge in [-0.15, -0.1) is 12.4 Å². The predicted octanol–water partition coefficient (Wildman–Crippen LogP) is 2.96. The number of hydrogen-bond acceptors (Lipinski definition) is 5. The van der Waals surface area contributed by atoms with Gasteiger partial charge in [-0.2, -0.15) is 0 Å². The van der Waals surface area contributed by atoms with E-state index in [0.717, 1.165) is 34.9 Å². The average molecular weight is 391 g/mol. The van der Waals surface area contributed by atoms with Crippen LogP contribution in [0.15, 0.2) is 42.5 Å². The molecule has 2 aliphatic rings. The number of amides is 1. The van der Waals surface area contributed by atoms with E-state index in [2.05, 4.69) is 5.32 Å². The Morgan fingerprint density at radius 2 is 1.85 bits per heavy atom. The van der Waals surface area contributed by atoms with Crippen molar-refractivity contribution in [3.8, 4) is 17.2 Å². The number of benzene rings is 2. The van der Waals surface area contributed by atoms with Gasteiger partial charge in [-0.05, 0) is 54.3 Å². The Hall–Kier alpha value is -2.44. The molecule has 2 unspecified atom stereocenters. The van der Waals surface area contributed by atoms with Crippen LogP contribution in [-0.4, -0.2) is 32.3 Å². The number of carbonyl (C=O) groups excluding carboxylic acids is 1. The Labute approximate surface area is 164 Å². The third kappa shape index (κ3) is 4.46. The van der Waals surface area contributed by atoms with Crippen LogP contribution in [0.1, 0.15) is 17.9 Å². The summed E-state index contributed by atoms with van der Waals surface area (Å²) in [6, 6.07) is 13.3. The summed E-state index contributed by atoms with van der Waals surface area (Å²) >= 11 is 0. The van der Waals surface area contributed by atoms with E-state index in [1.54, 1.807) is 0 Å². The molecule has 0 saturated heterocycles. The fraction of sp³-hybridized carbons (Fsp3) is 0.350. The van der Waals surface area contributed by atoms with E-state index in [-0.39, 0.29) is 30.2 Å². The minimum Gasteiger partial charge on any atom is -0.492 e. The molecule has 0 spiro atoms. The summed E-state index contributed by atoms with van der Waals surface area (Å²) in [4.78, 5) is 12.5. The fourth-order valence-electron chi connectivity index (χ4n) is 3.19. The normalized spacial score (nSPS) is 19.6. The lowest BCUT2D eigenvalue weighted by molar-refractivity contribution is -0.117. The molecule has 3 N–H and O–H groups in total. The van der Waals surface area contributed by atoms with Crippen molar-refractivity contribution >= 4 is 24.0 Å². The zero-order valence-corrected chi connectivity index (χ0v) is 15.7. The molecule has 0 bridgehead atoms. The SMILES string of the molecule is Cl.NCCOc1ccc(NC(=O)C2CC2c2ccc3c(c2)OCCO3)cc1. The first-order chi connectivity index (χ1) is 12.7. The second-order valence-electron chi connectivity index (χ2n) is 6.50. The van der Waals surface area contributed by atoms with Gasteiger partial charge in [0.25, 0.3) is 0 Å². The molecule has 2 atom stereocenters. The first-order valence-electron chi connectivity index (χ1n) is 8.88. The van der Waals surface area contributed by atoms with Crippen LogP contribution < -0.4 is 25.3 Å². The standard InChI is InChI=1S/C20H22N2O4.ClH/c21-7-8-24-15-4-2-14(3-5-15)22-20(23)17-12-16(17)13-1-6-18-19(11-13)26-10-9-25-18;/h1-6,11,16-17H,7-10,12,21H2,(H,22,23);1H. The third-order valence-electron chi connectivity index (χ3n) is 4.63. The van der Waals surface area contributed by atoms with Gasteiger partial charge in [-0.3, -0.25) is 4.79 Å². The van der Waals surface area contributed by atoms with Crippen molar-refractivity contribution in [3.63, 3.8) is 0 Å². The zero-order valence-electron chi connectivity index (χ0n) is 14.9. The van der Waals surface area contributed by atoms with Gasteiger partial charge in [0.2, 0.25) is 5.91 Å². The second kappa shape index (κ2) is 8.50. The van der Waals surface area contributed by atoms with Gasteiger partial charge in [0.15, 0.2) is 11.5 Å². The Bertz CT molecular complexity index is 797. The number of nitrogens with one attached hydrogen (secondary N) is 1. The van der Waals surface area contributed by atoms with E-state index >= 15 is 0 Å². The molecule has 1 amide bonds. The number of anilines is 1. The number of halogens is 1. The molecule has 1 fully saturated rings. The molecule has 144 valence electrons. The van der Waals surface area contributed by atoms with Crippen molar-refractivity contribution in [2.45, 2.75) is 12.3 Å². The lowest BCUT2D eigenvalue weighted by atomic mass is 10.1. The predicted molar refractivity (Wildman–Crippen MR) is 105 cm³/mol. The maximum atomic E-state index is 12.5. The summed E-state index contributed by atoms with van der Waals surface area (Å²) in [6.07, 6.45) is 0.850. The molecule has 1 heterocycles. The zero-order chi connectivity index (χ0) is 17.9. The van der Waals surface area contributed by atoms with Crippen molar-refractivity contribution in [2.75, 3.05) is 31.7 Å². The fourth-order valence-corrected chi connectivity index (χ4v) is 3.19. The van der Waals surface area contributed by atoms with Crippen LogP contribution in [0.5, 0.6) is 17.2 Å². The number of carbonyl (C=O) groups is 1. The molecule has 0 aromatic heterocycles. The maximum absolute atomic E-state index is 12.5. The van der Waals surface area contributed by atoms with Gasteiger partial charge in [0.05, 0.1) is 0 Å². The summed E-state index contributed by atoms with van der Waals surface area (Å²) in [5, 5.41) is 2.97. The number of hydrogen-bond donors (Lipinski definition) is 2. The van der Waals surface area contributed by atoms with Crippen LogP contribution >= 0.6 is 12.4 Å². The highest BCUT2D eigenvalue weighted by atomic mass is 35.5. The van der Waals surface area contributed by atoms with Crippen molar-refractivity contribution in [1.29, 1.82) is 0 Å².